The molecule has 0 amide bonds. The molecule has 2 heterocycles. The van der Waals surface area contributed by atoms with Crippen LogP contribution in [0, 0.1) is 0 Å². The Kier molecular flexibility index (Phi) is 6.39. The van der Waals surface area contributed by atoms with Gasteiger partial charge in [-0.25, -0.2) is 0 Å². The van der Waals surface area contributed by atoms with Crippen LogP contribution in [0.3, 0.4) is 0 Å². The second-order valence-corrected chi connectivity index (χ2v) is 5.80. The molecule has 1 aromatic carbocycles. The number of nitrogens with zero attached hydrogens (tertiary/aromatic N) is 3. The molecular weight excluding hydrogens is 304 g/mol. The zero-order valence-electron chi connectivity index (χ0n) is 13.8. The molecule has 0 bridgehead atoms. The smallest absolute Gasteiger partial charge is 0.148 e. The number of ether oxygens (including phenoxy) is 2. The van der Waals surface area contributed by atoms with Crippen LogP contribution < -0.4 is 10.1 Å². The van der Waals surface area contributed by atoms with Crippen LogP contribution in [-0.4, -0.2) is 60.6 Å². The molecule has 0 aliphatic carbocycles. The number of nitrogens with one attached hydrogen (secondary N) is 1. The summed E-state index contributed by atoms with van der Waals surface area (Å²) in [5, 5.41) is 11.2. The van der Waals surface area contributed by atoms with Crippen molar-refractivity contribution in [2.75, 3.05) is 44.7 Å². The van der Waals surface area contributed by atoms with Crippen molar-refractivity contribution in [1.82, 2.24) is 15.1 Å². The van der Waals surface area contributed by atoms with Gasteiger partial charge in [0.2, 0.25) is 0 Å². The average molecular weight is 328 g/mol. The van der Waals surface area contributed by atoms with Crippen molar-refractivity contribution in [1.29, 1.82) is 0 Å². The number of benzene rings is 1. The molecule has 1 aromatic heterocycles. The van der Waals surface area contributed by atoms with Gasteiger partial charge in [-0.2, -0.15) is 5.10 Å². The van der Waals surface area contributed by atoms with E-state index in [2.05, 4.69) is 20.4 Å². The SMILES string of the molecule is c1ccc(OCCCN2CCO[C@@H](CNc3cccnn3)C2)cc1. The van der Waals surface area contributed by atoms with E-state index < -0.39 is 0 Å². The highest BCUT2D eigenvalue weighted by Crippen LogP contribution is 2.10. The number of aromatic nitrogens is 2. The van der Waals surface area contributed by atoms with E-state index >= 15 is 0 Å². The maximum Gasteiger partial charge on any atom is 0.148 e. The van der Waals surface area contributed by atoms with E-state index in [1.807, 2.05) is 42.5 Å². The molecule has 0 radical (unpaired) electrons. The number of rotatable bonds is 8. The van der Waals surface area contributed by atoms with Crippen LogP contribution in [0.15, 0.2) is 48.7 Å². The Morgan fingerprint density at radius 1 is 1.21 bits per heavy atom. The van der Waals surface area contributed by atoms with Crippen LogP contribution in [-0.2, 0) is 4.74 Å². The van der Waals surface area contributed by atoms with Crippen LogP contribution in [0.25, 0.3) is 0 Å². The molecule has 1 fully saturated rings. The molecule has 1 N–H and O–H groups in total. The van der Waals surface area contributed by atoms with E-state index in [-0.39, 0.29) is 6.10 Å². The van der Waals surface area contributed by atoms with Crippen molar-refractivity contribution in [3.05, 3.63) is 48.7 Å². The molecule has 1 saturated heterocycles. The summed E-state index contributed by atoms with van der Waals surface area (Å²) in [7, 11) is 0. The van der Waals surface area contributed by atoms with E-state index in [9.17, 15) is 0 Å². The summed E-state index contributed by atoms with van der Waals surface area (Å²) in [6.45, 7) is 5.19. The third kappa shape index (κ3) is 5.47. The predicted octanol–water partition coefficient (Wildman–Crippen LogP) is 2.06. The first-order valence-electron chi connectivity index (χ1n) is 8.43. The molecule has 3 rings (SSSR count). The molecule has 0 spiro atoms. The number of hydrogen-bond donors (Lipinski definition) is 1. The van der Waals surface area contributed by atoms with E-state index in [1.165, 1.54) is 0 Å². The summed E-state index contributed by atoms with van der Waals surface area (Å²) in [5.74, 6) is 1.72. The van der Waals surface area contributed by atoms with Crippen LogP contribution in [0.2, 0.25) is 0 Å². The van der Waals surface area contributed by atoms with Crippen LogP contribution in [0.1, 0.15) is 6.42 Å². The van der Waals surface area contributed by atoms with E-state index in [4.69, 9.17) is 9.47 Å². The first kappa shape index (κ1) is 16.7. The zero-order valence-corrected chi connectivity index (χ0v) is 13.8. The molecule has 1 atom stereocenters. The Morgan fingerprint density at radius 3 is 2.96 bits per heavy atom. The van der Waals surface area contributed by atoms with Gasteiger partial charge in [-0.1, -0.05) is 18.2 Å². The molecule has 1 aliphatic rings. The lowest BCUT2D eigenvalue weighted by molar-refractivity contribution is -0.0222. The molecule has 128 valence electrons. The molecule has 6 heteroatoms. The summed E-state index contributed by atoms with van der Waals surface area (Å²) in [6.07, 6.45) is 2.86. The lowest BCUT2D eigenvalue weighted by Crippen LogP contribution is -2.45. The van der Waals surface area contributed by atoms with Gasteiger partial charge < -0.3 is 14.8 Å². The van der Waals surface area contributed by atoms with E-state index in [0.717, 1.165) is 57.4 Å². The highest BCUT2D eigenvalue weighted by molar-refractivity contribution is 5.31. The Morgan fingerprint density at radius 2 is 2.12 bits per heavy atom. The van der Waals surface area contributed by atoms with Gasteiger partial charge in [0.25, 0.3) is 0 Å². The number of morpholine rings is 1. The largest absolute Gasteiger partial charge is 0.494 e. The normalized spacial score (nSPS) is 18.2. The minimum atomic E-state index is 0.177. The van der Waals surface area contributed by atoms with Gasteiger partial charge in [0.15, 0.2) is 0 Å². The topological polar surface area (TPSA) is 59.5 Å². The summed E-state index contributed by atoms with van der Waals surface area (Å²) < 4.78 is 11.6. The van der Waals surface area contributed by atoms with Crippen molar-refractivity contribution in [3.63, 3.8) is 0 Å². The molecular formula is C18H24N4O2. The lowest BCUT2D eigenvalue weighted by Gasteiger charge is -2.33. The van der Waals surface area contributed by atoms with Crippen molar-refractivity contribution < 1.29 is 9.47 Å². The highest BCUT2D eigenvalue weighted by atomic mass is 16.5. The molecule has 0 saturated carbocycles. The zero-order chi connectivity index (χ0) is 16.5. The summed E-state index contributed by atoms with van der Waals surface area (Å²) >= 11 is 0. The maximum atomic E-state index is 5.82. The summed E-state index contributed by atoms with van der Waals surface area (Å²) in [4.78, 5) is 2.43. The van der Waals surface area contributed by atoms with Crippen LogP contribution >= 0.6 is 0 Å². The fourth-order valence-electron chi connectivity index (χ4n) is 2.72. The second kappa shape index (κ2) is 9.20. The Bertz CT molecular complexity index is 582. The maximum absolute atomic E-state index is 5.82. The monoisotopic (exact) mass is 328 g/mol. The molecule has 2 aromatic rings. The standard InChI is InChI=1S/C18H24N4O2/c1-2-6-16(7-3-1)23-12-5-10-22-11-13-24-17(15-22)14-19-18-8-4-9-20-21-18/h1-4,6-9,17H,5,10-15H2,(H,19,21)/t17-/m0/s1. The average Bonchev–Trinajstić information content (AvgIpc) is 2.66. The molecule has 24 heavy (non-hydrogen) atoms. The fourth-order valence-corrected chi connectivity index (χ4v) is 2.72. The minimum Gasteiger partial charge on any atom is -0.494 e. The fraction of sp³-hybridized carbons (Fsp3) is 0.444. The minimum absolute atomic E-state index is 0.177. The number of para-hydroxylation sites is 1. The second-order valence-electron chi connectivity index (χ2n) is 5.80. The molecule has 0 unspecified atom stereocenters. The third-order valence-corrected chi connectivity index (χ3v) is 3.94. The number of anilines is 1. The van der Waals surface area contributed by atoms with Crippen LogP contribution in [0.4, 0.5) is 5.82 Å². The summed E-state index contributed by atoms with van der Waals surface area (Å²) in [6, 6.07) is 13.7. The van der Waals surface area contributed by atoms with Gasteiger partial charge in [0.1, 0.15) is 11.6 Å². The number of hydrogen-bond acceptors (Lipinski definition) is 6. The van der Waals surface area contributed by atoms with Gasteiger partial charge >= 0.3 is 0 Å². The Balaban J connectivity index is 1.33. The Hall–Kier alpha value is -2.18. The first-order chi connectivity index (χ1) is 11.9. The Labute approximate surface area is 142 Å². The van der Waals surface area contributed by atoms with Crippen molar-refractivity contribution in [2.45, 2.75) is 12.5 Å². The molecule has 1 aliphatic heterocycles. The van der Waals surface area contributed by atoms with Gasteiger partial charge in [0, 0.05) is 32.4 Å². The molecule has 6 nitrogen and oxygen atoms in total. The highest BCUT2D eigenvalue weighted by Gasteiger charge is 2.20. The van der Waals surface area contributed by atoms with Gasteiger partial charge in [-0.3, -0.25) is 4.90 Å². The predicted molar refractivity (Wildman–Crippen MR) is 93.3 cm³/mol. The lowest BCUT2D eigenvalue weighted by atomic mass is 10.2. The van der Waals surface area contributed by atoms with Gasteiger partial charge in [-0.05, 0) is 30.7 Å². The first-order valence-corrected chi connectivity index (χ1v) is 8.43. The van der Waals surface area contributed by atoms with Crippen LogP contribution in [0.5, 0.6) is 5.75 Å². The van der Waals surface area contributed by atoms with Crippen molar-refractivity contribution in [2.24, 2.45) is 0 Å². The van der Waals surface area contributed by atoms with Gasteiger partial charge in [0.05, 0.1) is 19.3 Å². The van der Waals surface area contributed by atoms with E-state index in [0.29, 0.717) is 0 Å². The van der Waals surface area contributed by atoms with Gasteiger partial charge in [-0.15, -0.1) is 5.10 Å². The van der Waals surface area contributed by atoms with Crippen molar-refractivity contribution in [3.8, 4) is 5.75 Å². The quantitative estimate of drug-likeness (QED) is 0.749. The van der Waals surface area contributed by atoms with E-state index in [1.54, 1.807) is 6.20 Å². The van der Waals surface area contributed by atoms with Crippen molar-refractivity contribution >= 4 is 5.82 Å². The summed E-state index contributed by atoms with van der Waals surface area (Å²) in [5.41, 5.74) is 0. The third-order valence-electron chi connectivity index (χ3n) is 3.94.